The normalized spacial score (nSPS) is 16.3. The molecule has 27 heavy (non-hydrogen) atoms. The van der Waals surface area contributed by atoms with E-state index in [1.54, 1.807) is 12.1 Å². The van der Waals surface area contributed by atoms with Crippen molar-refractivity contribution in [2.45, 2.75) is 45.2 Å². The second-order valence-corrected chi connectivity index (χ2v) is 6.83. The first kappa shape index (κ1) is 19.1. The fraction of sp³-hybridized carbons (Fsp3) is 0.364. The first-order valence-electron chi connectivity index (χ1n) is 9.59. The number of hydrogen-bond acceptors (Lipinski definition) is 3. The number of rotatable bonds is 8. The summed E-state index contributed by atoms with van der Waals surface area (Å²) in [5.41, 5.74) is 2.11. The Hall–Kier alpha value is -2.69. The highest BCUT2D eigenvalue weighted by Gasteiger charge is 2.32. The van der Waals surface area contributed by atoms with Gasteiger partial charge < -0.3 is 5.32 Å². The van der Waals surface area contributed by atoms with Gasteiger partial charge >= 0.3 is 0 Å². The maximum absolute atomic E-state index is 14.3. The Bertz CT molecular complexity index is 791. The summed E-state index contributed by atoms with van der Waals surface area (Å²) in [6.45, 7) is 3.32. The van der Waals surface area contributed by atoms with Crippen molar-refractivity contribution in [3.05, 3.63) is 71.5 Å². The molecule has 2 aromatic rings. The number of carbonyl (C=O) groups is 1. The molecule has 5 heteroatoms. The molecule has 1 atom stereocenters. The van der Waals surface area contributed by atoms with Crippen LogP contribution in [0.4, 0.5) is 4.39 Å². The number of amides is 1. The van der Waals surface area contributed by atoms with Crippen LogP contribution in [0.5, 0.6) is 0 Å². The monoisotopic (exact) mass is 367 g/mol. The Kier molecular flexibility index (Phi) is 6.58. The number of hydrogen-bond donors (Lipinski definition) is 1. The van der Waals surface area contributed by atoms with Crippen LogP contribution in [0.2, 0.25) is 0 Å². The minimum atomic E-state index is -0.246. The molecule has 1 heterocycles. The summed E-state index contributed by atoms with van der Waals surface area (Å²) in [6, 6.07) is 16.3. The van der Waals surface area contributed by atoms with Gasteiger partial charge in [0.1, 0.15) is 11.5 Å². The first-order chi connectivity index (χ1) is 13.2. The molecule has 0 bridgehead atoms. The number of halogens is 1. The van der Waals surface area contributed by atoms with Crippen molar-refractivity contribution in [1.29, 1.82) is 0 Å². The zero-order valence-corrected chi connectivity index (χ0v) is 15.7. The van der Waals surface area contributed by atoms with Crippen LogP contribution in [0.25, 0.3) is 0 Å². The maximum atomic E-state index is 14.3. The lowest BCUT2D eigenvalue weighted by atomic mass is 10.0. The van der Waals surface area contributed by atoms with Gasteiger partial charge in [0.15, 0.2) is 0 Å². The number of unbranched alkanes of at least 4 members (excludes halogenated alkanes) is 2. The van der Waals surface area contributed by atoms with Gasteiger partial charge in [0.2, 0.25) is 0 Å². The fourth-order valence-corrected chi connectivity index (χ4v) is 3.32. The van der Waals surface area contributed by atoms with Crippen LogP contribution in [0, 0.1) is 5.82 Å². The SMILES string of the molecule is CCCCCN1N=C(C(=O)NCc2ccccc2)CC1c1ccccc1F. The highest BCUT2D eigenvalue weighted by Crippen LogP contribution is 2.32. The van der Waals surface area contributed by atoms with Gasteiger partial charge in [0.05, 0.1) is 6.04 Å². The molecule has 1 amide bonds. The summed E-state index contributed by atoms with van der Waals surface area (Å²) < 4.78 is 14.3. The van der Waals surface area contributed by atoms with Gasteiger partial charge in [0.25, 0.3) is 5.91 Å². The van der Waals surface area contributed by atoms with Crippen LogP contribution in [0.15, 0.2) is 59.7 Å². The number of nitrogens with one attached hydrogen (secondary N) is 1. The Labute approximate surface area is 160 Å². The van der Waals surface area contributed by atoms with Gasteiger partial charge in [-0.1, -0.05) is 68.3 Å². The van der Waals surface area contributed by atoms with Crippen molar-refractivity contribution in [2.75, 3.05) is 6.54 Å². The molecule has 0 aliphatic carbocycles. The Morgan fingerprint density at radius 2 is 1.89 bits per heavy atom. The molecule has 4 nitrogen and oxygen atoms in total. The molecule has 0 fully saturated rings. The quantitative estimate of drug-likeness (QED) is 0.701. The summed E-state index contributed by atoms with van der Waals surface area (Å²) in [5.74, 6) is -0.428. The van der Waals surface area contributed by atoms with Gasteiger partial charge in [0, 0.05) is 25.1 Å². The maximum Gasteiger partial charge on any atom is 0.267 e. The van der Waals surface area contributed by atoms with Crippen LogP contribution in [-0.4, -0.2) is 23.2 Å². The van der Waals surface area contributed by atoms with Crippen LogP contribution in [-0.2, 0) is 11.3 Å². The molecule has 2 aromatic carbocycles. The van der Waals surface area contributed by atoms with E-state index in [1.807, 2.05) is 41.4 Å². The van der Waals surface area contributed by atoms with E-state index in [0.29, 0.717) is 24.2 Å². The fourth-order valence-electron chi connectivity index (χ4n) is 3.32. The lowest BCUT2D eigenvalue weighted by Gasteiger charge is -2.24. The Morgan fingerprint density at radius 3 is 2.63 bits per heavy atom. The highest BCUT2D eigenvalue weighted by molar-refractivity contribution is 6.39. The van der Waals surface area contributed by atoms with E-state index in [4.69, 9.17) is 0 Å². The van der Waals surface area contributed by atoms with E-state index in [-0.39, 0.29) is 17.8 Å². The molecular weight excluding hydrogens is 341 g/mol. The molecule has 0 saturated heterocycles. The summed E-state index contributed by atoms with van der Waals surface area (Å²) in [4.78, 5) is 12.6. The molecule has 1 aliphatic heterocycles. The number of hydrazone groups is 1. The third-order valence-electron chi connectivity index (χ3n) is 4.81. The summed E-state index contributed by atoms with van der Waals surface area (Å²) in [5, 5.41) is 9.35. The zero-order chi connectivity index (χ0) is 19.1. The summed E-state index contributed by atoms with van der Waals surface area (Å²) in [7, 11) is 0. The van der Waals surface area contributed by atoms with E-state index < -0.39 is 0 Å². The van der Waals surface area contributed by atoms with Gasteiger partial charge in [-0.15, -0.1) is 0 Å². The van der Waals surface area contributed by atoms with E-state index in [2.05, 4.69) is 17.3 Å². The van der Waals surface area contributed by atoms with E-state index in [0.717, 1.165) is 31.4 Å². The molecule has 0 radical (unpaired) electrons. The topological polar surface area (TPSA) is 44.7 Å². The largest absolute Gasteiger partial charge is 0.347 e. The van der Waals surface area contributed by atoms with Crippen LogP contribution in [0.3, 0.4) is 0 Å². The minimum absolute atomic E-state index is 0.182. The predicted octanol–water partition coefficient (Wildman–Crippen LogP) is 4.44. The first-order valence-corrected chi connectivity index (χ1v) is 9.59. The third-order valence-corrected chi connectivity index (χ3v) is 4.81. The average Bonchev–Trinajstić information content (AvgIpc) is 3.11. The second kappa shape index (κ2) is 9.31. The Morgan fingerprint density at radius 1 is 1.15 bits per heavy atom. The van der Waals surface area contributed by atoms with Crippen molar-refractivity contribution in [2.24, 2.45) is 5.10 Å². The van der Waals surface area contributed by atoms with Crippen molar-refractivity contribution < 1.29 is 9.18 Å². The molecule has 142 valence electrons. The van der Waals surface area contributed by atoms with Crippen molar-refractivity contribution in [3.8, 4) is 0 Å². The minimum Gasteiger partial charge on any atom is -0.347 e. The second-order valence-electron chi connectivity index (χ2n) is 6.83. The van der Waals surface area contributed by atoms with Crippen LogP contribution >= 0.6 is 0 Å². The van der Waals surface area contributed by atoms with Gasteiger partial charge in [-0.2, -0.15) is 5.10 Å². The third kappa shape index (κ3) is 4.94. The van der Waals surface area contributed by atoms with Crippen molar-refractivity contribution >= 4 is 11.6 Å². The molecule has 0 aromatic heterocycles. The van der Waals surface area contributed by atoms with Crippen molar-refractivity contribution in [3.63, 3.8) is 0 Å². The standard InChI is InChI=1S/C22H26FN3O/c1-2-3-9-14-26-21(18-12-7-8-13-19(18)23)15-20(25-26)22(27)24-16-17-10-5-4-6-11-17/h4-8,10-13,21H,2-3,9,14-16H2,1H3,(H,24,27). The molecular formula is C22H26FN3O. The summed E-state index contributed by atoms with van der Waals surface area (Å²) >= 11 is 0. The lowest BCUT2D eigenvalue weighted by Crippen LogP contribution is -2.29. The molecule has 0 spiro atoms. The predicted molar refractivity (Wildman–Crippen MR) is 106 cm³/mol. The van der Waals surface area contributed by atoms with Gasteiger partial charge in [-0.25, -0.2) is 4.39 Å². The van der Waals surface area contributed by atoms with Crippen LogP contribution in [0.1, 0.15) is 49.8 Å². The molecule has 3 rings (SSSR count). The van der Waals surface area contributed by atoms with E-state index in [9.17, 15) is 9.18 Å². The number of carbonyl (C=O) groups excluding carboxylic acids is 1. The smallest absolute Gasteiger partial charge is 0.267 e. The summed E-state index contributed by atoms with van der Waals surface area (Å²) in [6.07, 6.45) is 3.59. The molecule has 0 saturated carbocycles. The van der Waals surface area contributed by atoms with E-state index in [1.165, 1.54) is 6.07 Å². The van der Waals surface area contributed by atoms with Crippen molar-refractivity contribution in [1.82, 2.24) is 10.3 Å². The van der Waals surface area contributed by atoms with Crippen LogP contribution < -0.4 is 5.32 Å². The van der Waals surface area contributed by atoms with Gasteiger partial charge in [-0.3, -0.25) is 9.80 Å². The van der Waals surface area contributed by atoms with E-state index >= 15 is 0 Å². The number of benzene rings is 2. The molecule has 1 N–H and O–H groups in total. The molecule has 1 unspecified atom stereocenters. The Balaban J connectivity index is 1.70. The molecule has 1 aliphatic rings. The zero-order valence-electron chi connectivity index (χ0n) is 15.7. The highest BCUT2D eigenvalue weighted by atomic mass is 19.1. The number of nitrogens with zero attached hydrogens (tertiary/aromatic N) is 2. The average molecular weight is 367 g/mol. The lowest BCUT2D eigenvalue weighted by molar-refractivity contribution is -0.115. The van der Waals surface area contributed by atoms with Gasteiger partial charge in [-0.05, 0) is 18.1 Å².